The number of nitrogens with one attached hydrogen (secondary N) is 1. The molecule has 4 heteroatoms. The van der Waals surface area contributed by atoms with Crippen LogP contribution in [0.1, 0.15) is 25.0 Å². The Bertz CT molecular complexity index is 386. The first-order valence-corrected chi connectivity index (χ1v) is 5.86. The van der Waals surface area contributed by atoms with Gasteiger partial charge in [-0.05, 0) is 37.3 Å². The summed E-state index contributed by atoms with van der Waals surface area (Å²) in [6.07, 6.45) is 5.29. The molecule has 3 rings (SSSR count). The van der Waals surface area contributed by atoms with E-state index in [1.165, 1.54) is 19.3 Å². The maximum absolute atomic E-state index is 9.04. The van der Waals surface area contributed by atoms with Crippen LogP contribution in [0.15, 0.2) is 28.0 Å². The fraction of sp³-hybridized carbons (Fsp3) is 0.583. The molecule has 0 radical (unpaired) electrons. The third-order valence-corrected chi connectivity index (χ3v) is 3.87. The Morgan fingerprint density at radius 2 is 2.44 bits per heavy atom. The second kappa shape index (κ2) is 3.94. The summed E-state index contributed by atoms with van der Waals surface area (Å²) in [6.45, 7) is 0.708. The summed E-state index contributed by atoms with van der Waals surface area (Å²) in [5, 5.41) is 15.9. The van der Waals surface area contributed by atoms with Gasteiger partial charge in [0.25, 0.3) is 0 Å². The summed E-state index contributed by atoms with van der Waals surface area (Å²) in [4.78, 5) is 0. The van der Waals surface area contributed by atoms with Crippen LogP contribution in [0.4, 0.5) is 0 Å². The van der Waals surface area contributed by atoms with Gasteiger partial charge in [0, 0.05) is 5.92 Å². The lowest BCUT2D eigenvalue weighted by Gasteiger charge is -2.23. The van der Waals surface area contributed by atoms with Gasteiger partial charge in [-0.15, -0.1) is 0 Å². The molecule has 4 nitrogen and oxygen atoms in total. The molecule has 1 aromatic heterocycles. The average molecular weight is 220 g/mol. The molecule has 1 heterocycles. The Kier molecular flexibility index (Phi) is 2.44. The standard InChI is InChI=1S/C12H16N2O2/c15-14-12-9-4-3-8(6-9)11(12)13-7-10-2-1-5-16-10/h1-2,5,8-9,11,13,15H,3-4,6-7H2/b14-12-. The molecule has 16 heavy (non-hydrogen) atoms. The predicted molar refractivity (Wildman–Crippen MR) is 59.4 cm³/mol. The first kappa shape index (κ1) is 9.90. The zero-order valence-electron chi connectivity index (χ0n) is 9.10. The molecule has 86 valence electrons. The summed E-state index contributed by atoms with van der Waals surface area (Å²) in [6, 6.07) is 4.09. The van der Waals surface area contributed by atoms with E-state index in [1.807, 2.05) is 12.1 Å². The molecule has 2 N–H and O–H groups in total. The number of oxime groups is 1. The Morgan fingerprint density at radius 3 is 3.19 bits per heavy atom. The third-order valence-electron chi connectivity index (χ3n) is 3.87. The van der Waals surface area contributed by atoms with Crippen molar-refractivity contribution in [2.75, 3.05) is 0 Å². The number of nitrogens with zero attached hydrogens (tertiary/aromatic N) is 1. The maximum Gasteiger partial charge on any atom is 0.117 e. The summed E-state index contributed by atoms with van der Waals surface area (Å²) >= 11 is 0. The molecular formula is C12H16N2O2. The van der Waals surface area contributed by atoms with Gasteiger partial charge in [-0.3, -0.25) is 0 Å². The SMILES string of the molecule is O/N=C1/C2CCC(C2)C1NCc1ccco1. The summed E-state index contributed by atoms with van der Waals surface area (Å²) in [5.74, 6) is 2.08. The van der Waals surface area contributed by atoms with E-state index in [0.29, 0.717) is 18.4 Å². The van der Waals surface area contributed by atoms with Crippen molar-refractivity contribution in [1.29, 1.82) is 0 Å². The Hall–Kier alpha value is -1.29. The second-order valence-corrected chi connectivity index (χ2v) is 4.73. The normalized spacial score (nSPS) is 35.0. The molecule has 2 aliphatic rings. The van der Waals surface area contributed by atoms with E-state index in [2.05, 4.69) is 10.5 Å². The first-order valence-electron chi connectivity index (χ1n) is 5.86. The Balaban J connectivity index is 1.66. The number of hydrogen-bond donors (Lipinski definition) is 2. The average Bonchev–Trinajstić information content (AvgIpc) is 3.01. The fourth-order valence-corrected chi connectivity index (χ4v) is 3.12. The van der Waals surface area contributed by atoms with Gasteiger partial charge in [-0.1, -0.05) is 5.16 Å². The van der Waals surface area contributed by atoms with Gasteiger partial charge in [0.15, 0.2) is 0 Å². The van der Waals surface area contributed by atoms with Gasteiger partial charge >= 0.3 is 0 Å². The highest BCUT2D eigenvalue weighted by atomic mass is 16.4. The van der Waals surface area contributed by atoms with Gasteiger partial charge in [0.05, 0.1) is 24.6 Å². The number of fused-ring (bicyclic) bond motifs is 2. The lowest BCUT2D eigenvalue weighted by molar-refractivity contribution is 0.308. The minimum Gasteiger partial charge on any atom is -0.468 e. The van der Waals surface area contributed by atoms with E-state index in [-0.39, 0.29) is 6.04 Å². The minimum atomic E-state index is 0.244. The zero-order chi connectivity index (χ0) is 11.0. The third kappa shape index (κ3) is 1.53. The van der Waals surface area contributed by atoms with Crippen molar-refractivity contribution >= 4 is 5.71 Å². The molecule has 0 aromatic carbocycles. The van der Waals surface area contributed by atoms with Crippen molar-refractivity contribution in [2.24, 2.45) is 17.0 Å². The van der Waals surface area contributed by atoms with Crippen LogP contribution in [-0.2, 0) is 6.54 Å². The summed E-state index contributed by atoms with van der Waals surface area (Å²) in [5.41, 5.74) is 0.947. The van der Waals surface area contributed by atoms with E-state index in [9.17, 15) is 0 Å². The number of rotatable bonds is 3. The van der Waals surface area contributed by atoms with Crippen LogP contribution >= 0.6 is 0 Å². The molecule has 2 fully saturated rings. The van der Waals surface area contributed by atoms with E-state index in [0.717, 1.165) is 11.5 Å². The van der Waals surface area contributed by atoms with Crippen LogP contribution in [-0.4, -0.2) is 17.0 Å². The van der Waals surface area contributed by atoms with Crippen LogP contribution in [0.25, 0.3) is 0 Å². The second-order valence-electron chi connectivity index (χ2n) is 4.73. The van der Waals surface area contributed by atoms with Crippen molar-refractivity contribution < 1.29 is 9.62 Å². The molecule has 2 aliphatic carbocycles. The number of furan rings is 1. The number of hydrogen-bond acceptors (Lipinski definition) is 4. The fourth-order valence-electron chi connectivity index (χ4n) is 3.12. The van der Waals surface area contributed by atoms with Gasteiger partial charge in [0.2, 0.25) is 0 Å². The van der Waals surface area contributed by atoms with Crippen molar-refractivity contribution in [3.05, 3.63) is 24.2 Å². The molecule has 0 saturated heterocycles. The molecule has 1 aromatic rings. The van der Waals surface area contributed by atoms with Gasteiger partial charge in [-0.25, -0.2) is 0 Å². The Labute approximate surface area is 94.3 Å². The van der Waals surface area contributed by atoms with Crippen LogP contribution in [0.3, 0.4) is 0 Å². The van der Waals surface area contributed by atoms with Crippen molar-refractivity contribution in [3.63, 3.8) is 0 Å². The molecule has 3 atom stereocenters. The first-order chi connectivity index (χ1) is 7.88. The summed E-state index contributed by atoms with van der Waals surface area (Å²) < 4.78 is 5.28. The minimum absolute atomic E-state index is 0.244. The van der Waals surface area contributed by atoms with Gasteiger partial charge < -0.3 is 14.9 Å². The van der Waals surface area contributed by atoms with E-state index >= 15 is 0 Å². The van der Waals surface area contributed by atoms with Crippen molar-refractivity contribution in [3.8, 4) is 0 Å². The highest BCUT2D eigenvalue weighted by Crippen LogP contribution is 2.42. The lowest BCUT2D eigenvalue weighted by Crippen LogP contribution is -2.40. The van der Waals surface area contributed by atoms with Crippen LogP contribution in [0, 0.1) is 11.8 Å². The smallest absolute Gasteiger partial charge is 0.117 e. The monoisotopic (exact) mass is 220 g/mol. The van der Waals surface area contributed by atoms with E-state index in [1.54, 1.807) is 6.26 Å². The van der Waals surface area contributed by atoms with E-state index < -0.39 is 0 Å². The lowest BCUT2D eigenvalue weighted by atomic mass is 9.93. The Morgan fingerprint density at radius 1 is 1.50 bits per heavy atom. The quantitative estimate of drug-likeness (QED) is 0.605. The van der Waals surface area contributed by atoms with Gasteiger partial charge in [0.1, 0.15) is 5.76 Å². The van der Waals surface area contributed by atoms with Crippen LogP contribution in [0.2, 0.25) is 0 Å². The van der Waals surface area contributed by atoms with Crippen molar-refractivity contribution in [1.82, 2.24) is 5.32 Å². The van der Waals surface area contributed by atoms with Crippen LogP contribution in [0.5, 0.6) is 0 Å². The molecule has 0 amide bonds. The van der Waals surface area contributed by atoms with Crippen molar-refractivity contribution in [2.45, 2.75) is 31.8 Å². The molecular weight excluding hydrogens is 204 g/mol. The summed E-state index contributed by atoms with van der Waals surface area (Å²) in [7, 11) is 0. The van der Waals surface area contributed by atoms with E-state index in [4.69, 9.17) is 9.62 Å². The highest BCUT2D eigenvalue weighted by molar-refractivity contribution is 5.94. The maximum atomic E-state index is 9.04. The topological polar surface area (TPSA) is 57.8 Å². The predicted octanol–water partition coefficient (Wildman–Crippen LogP) is 2.00. The zero-order valence-corrected chi connectivity index (χ0v) is 9.10. The molecule has 2 saturated carbocycles. The van der Waals surface area contributed by atoms with Gasteiger partial charge in [-0.2, -0.15) is 0 Å². The van der Waals surface area contributed by atoms with Crippen LogP contribution < -0.4 is 5.32 Å². The molecule has 2 bridgehead atoms. The largest absolute Gasteiger partial charge is 0.468 e. The molecule has 3 unspecified atom stereocenters. The molecule has 0 spiro atoms. The molecule has 0 aliphatic heterocycles. The highest BCUT2D eigenvalue weighted by Gasteiger charge is 2.45.